The molecule has 2 N–H and O–H groups in total. The third-order valence-corrected chi connectivity index (χ3v) is 9.91. The molecule has 1 saturated heterocycles. The van der Waals surface area contributed by atoms with Gasteiger partial charge in [-0.05, 0) is 73.8 Å². The minimum Gasteiger partial charge on any atom is -0.598 e. The van der Waals surface area contributed by atoms with Crippen LogP contribution in [0, 0.1) is 9.12 Å². The summed E-state index contributed by atoms with van der Waals surface area (Å²) in [5, 5.41) is 7.46. The Morgan fingerprint density at radius 3 is 2.74 bits per heavy atom. The molecule has 0 saturated carbocycles. The number of halogens is 1. The molecule has 8 nitrogen and oxygen atoms in total. The first-order chi connectivity index (χ1) is 16.3. The number of likely N-dealkylation sites (tertiary alicyclic amines) is 1. The van der Waals surface area contributed by atoms with Crippen LogP contribution in [0.25, 0.3) is 0 Å². The number of nitrogens with one attached hydrogen (secondary N) is 2. The number of rotatable bonds is 2. The van der Waals surface area contributed by atoms with E-state index >= 15 is 0 Å². The smallest absolute Gasteiger partial charge is 0.209 e. The molecule has 34 heavy (non-hydrogen) atoms. The third-order valence-electron chi connectivity index (χ3n) is 7.56. The van der Waals surface area contributed by atoms with Gasteiger partial charge in [-0.15, -0.1) is 4.72 Å². The van der Waals surface area contributed by atoms with Crippen molar-refractivity contribution in [1.82, 2.24) is 24.7 Å². The summed E-state index contributed by atoms with van der Waals surface area (Å²) < 4.78 is 17.3. The first kappa shape index (κ1) is 22.8. The molecule has 0 radical (unpaired) electrons. The van der Waals surface area contributed by atoms with Gasteiger partial charge in [-0.1, -0.05) is 24.3 Å². The van der Waals surface area contributed by atoms with Crippen LogP contribution in [0.4, 0.5) is 5.82 Å². The van der Waals surface area contributed by atoms with Crippen LogP contribution in [0.1, 0.15) is 56.3 Å². The number of guanidine groups is 1. The largest absolute Gasteiger partial charge is 0.598 e. The van der Waals surface area contributed by atoms with Gasteiger partial charge in [0.2, 0.25) is 5.96 Å². The zero-order valence-electron chi connectivity index (χ0n) is 19.8. The number of aromatic nitrogens is 2. The molecule has 2 atom stereocenters. The first-order valence-electron chi connectivity index (χ1n) is 11.9. The highest BCUT2D eigenvalue weighted by atomic mass is 127. The Morgan fingerprint density at radius 2 is 1.97 bits per heavy atom. The van der Waals surface area contributed by atoms with E-state index in [1.54, 1.807) is 0 Å². The Labute approximate surface area is 217 Å². The van der Waals surface area contributed by atoms with E-state index in [4.69, 9.17) is 9.98 Å². The molecular formula is C24H30IN7OS. The fraction of sp³-hybridized carbons (Fsp3) is 0.542. The maximum atomic E-state index is 13.2. The van der Waals surface area contributed by atoms with Gasteiger partial charge in [0.25, 0.3) is 0 Å². The maximum Gasteiger partial charge on any atom is 0.209 e. The van der Waals surface area contributed by atoms with Gasteiger partial charge in [0.15, 0.2) is 5.82 Å². The van der Waals surface area contributed by atoms with Gasteiger partial charge in [0.05, 0.1) is 18.2 Å². The number of aromatic amines is 1. The van der Waals surface area contributed by atoms with Crippen LogP contribution in [-0.2, 0) is 17.8 Å². The molecule has 0 bridgehead atoms. The Bertz CT molecular complexity index is 1180. The van der Waals surface area contributed by atoms with E-state index in [1.165, 1.54) is 11.1 Å². The second kappa shape index (κ2) is 8.21. The first-order valence-corrected chi connectivity index (χ1v) is 14.2. The number of hydrogen-bond donors (Lipinski definition) is 2. The fourth-order valence-corrected chi connectivity index (χ4v) is 7.29. The number of nitrogens with zero attached hydrogens (tertiary/aromatic N) is 5. The molecule has 4 heterocycles. The molecule has 1 fully saturated rings. The lowest BCUT2D eigenvalue weighted by molar-refractivity contribution is 0.115. The van der Waals surface area contributed by atoms with Crippen LogP contribution in [0.5, 0.6) is 0 Å². The SMILES string of the molecule is CC(C)(C)[S@@+]([O-])N[C@@H]1c2ccccc2CC12CCN(C1=Nc3[nH]nc(I)c3C3=NCCN31)CC2. The van der Waals surface area contributed by atoms with Gasteiger partial charge >= 0.3 is 0 Å². The number of aliphatic imine (C=N–C) groups is 2. The van der Waals surface area contributed by atoms with Crippen molar-refractivity contribution in [2.75, 3.05) is 26.2 Å². The van der Waals surface area contributed by atoms with E-state index in [1.807, 2.05) is 20.8 Å². The fourth-order valence-electron chi connectivity index (χ4n) is 5.73. The van der Waals surface area contributed by atoms with Gasteiger partial charge in [0.1, 0.15) is 14.3 Å². The van der Waals surface area contributed by atoms with Gasteiger partial charge < -0.3 is 9.45 Å². The van der Waals surface area contributed by atoms with Gasteiger partial charge in [-0.3, -0.25) is 15.0 Å². The molecule has 0 amide bonds. The van der Waals surface area contributed by atoms with E-state index in [0.717, 1.165) is 72.3 Å². The van der Waals surface area contributed by atoms with Crippen molar-refractivity contribution in [1.29, 1.82) is 0 Å². The molecule has 1 aromatic heterocycles. The van der Waals surface area contributed by atoms with E-state index in [9.17, 15) is 4.55 Å². The molecule has 0 unspecified atom stereocenters. The highest BCUT2D eigenvalue weighted by Crippen LogP contribution is 2.52. The van der Waals surface area contributed by atoms with Crippen LogP contribution in [0.2, 0.25) is 0 Å². The number of amidine groups is 1. The summed E-state index contributed by atoms with van der Waals surface area (Å²) in [5.41, 5.74) is 3.79. The molecule has 3 aliphatic heterocycles. The number of H-pyrrole nitrogens is 1. The second-order valence-electron chi connectivity index (χ2n) is 10.7. The molecular weight excluding hydrogens is 561 g/mol. The van der Waals surface area contributed by atoms with Crippen LogP contribution >= 0.6 is 22.6 Å². The second-order valence-corrected chi connectivity index (χ2v) is 13.7. The molecule has 4 aliphatic rings. The standard InChI is InChI=1S/C24H30IN7OS/c1-23(2,3)34(33)30-18-16-7-5-4-6-15(16)14-24(18)8-11-31(12-9-24)22-27-20-17(19(25)28-29-20)21-26-10-13-32(21)22/h4-7,18,30H,8-14H2,1-3H3,(H,28,29)/t18-,34-/m1/s1. The summed E-state index contributed by atoms with van der Waals surface area (Å²) in [5.74, 6) is 2.79. The summed E-state index contributed by atoms with van der Waals surface area (Å²) in [6.07, 6.45) is 3.07. The van der Waals surface area contributed by atoms with Gasteiger partial charge in [0, 0.05) is 36.4 Å². The molecule has 10 heteroatoms. The normalized spacial score (nSPS) is 24.0. The summed E-state index contributed by atoms with van der Waals surface area (Å²) in [7, 11) is 0. The van der Waals surface area contributed by atoms with Crippen molar-refractivity contribution in [3.63, 3.8) is 0 Å². The lowest BCUT2D eigenvalue weighted by Crippen LogP contribution is -2.54. The minimum atomic E-state index is -1.12. The van der Waals surface area contributed by atoms with Crippen LogP contribution in [0.3, 0.4) is 0 Å². The van der Waals surface area contributed by atoms with E-state index in [2.05, 4.69) is 71.6 Å². The zero-order chi connectivity index (χ0) is 23.7. The Kier molecular flexibility index (Phi) is 5.51. The number of piperidine rings is 1. The van der Waals surface area contributed by atoms with Crippen LogP contribution < -0.4 is 4.72 Å². The molecule has 1 spiro atoms. The molecule has 6 rings (SSSR count). The molecule has 2 aromatic rings. The molecule has 180 valence electrons. The lowest BCUT2D eigenvalue weighted by atomic mass is 9.73. The monoisotopic (exact) mass is 591 g/mol. The highest BCUT2D eigenvalue weighted by Gasteiger charge is 2.51. The topological polar surface area (TPSA) is 95.0 Å². The predicted octanol–water partition coefficient (Wildman–Crippen LogP) is 3.51. The molecule has 1 aliphatic carbocycles. The van der Waals surface area contributed by atoms with Gasteiger partial charge in [-0.2, -0.15) is 10.1 Å². The quantitative estimate of drug-likeness (QED) is 0.412. The summed E-state index contributed by atoms with van der Waals surface area (Å²) in [4.78, 5) is 14.4. The maximum absolute atomic E-state index is 13.2. The van der Waals surface area contributed by atoms with E-state index in [-0.39, 0.29) is 16.2 Å². The Morgan fingerprint density at radius 1 is 1.21 bits per heavy atom. The van der Waals surface area contributed by atoms with Crippen LogP contribution in [0.15, 0.2) is 34.3 Å². The minimum absolute atomic E-state index is 0.0623. The average molecular weight is 592 g/mol. The van der Waals surface area contributed by atoms with Crippen molar-refractivity contribution in [2.45, 2.75) is 50.8 Å². The summed E-state index contributed by atoms with van der Waals surface area (Å²) >= 11 is 1.13. The third kappa shape index (κ3) is 3.59. The van der Waals surface area contributed by atoms with Crippen molar-refractivity contribution < 1.29 is 4.55 Å². The lowest BCUT2D eigenvalue weighted by Gasteiger charge is -2.46. The Balaban J connectivity index is 1.27. The summed E-state index contributed by atoms with van der Waals surface area (Å²) in [6.45, 7) is 9.58. The summed E-state index contributed by atoms with van der Waals surface area (Å²) in [6, 6.07) is 8.79. The number of benzene rings is 1. The Hall–Kier alpha value is -1.63. The van der Waals surface area contributed by atoms with Crippen molar-refractivity contribution in [3.8, 4) is 0 Å². The van der Waals surface area contributed by atoms with E-state index < -0.39 is 11.4 Å². The van der Waals surface area contributed by atoms with Crippen molar-refractivity contribution in [3.05, 3.63) is 44.7 Å². The van der Waals surface area contributed by atoms with Gasteiger partial charge in [-0.25, -0.2) is 0 Å². The van der Waals surface area contributed by atoms with Crippen molar-refractivity contribution >= 4 is 51.6 Å². The molecule has 1 aromatic carbocycles. The predicted molar refractivity (Wildman–Crippen MR) is 144 cm³/mol. The average Bonchev–Trinajstić information content (AvgIpc) is 3.50. The van der Waals surface area contributed by atoms with Crippen LogP contribution in [-0.4, -0.2) is 67.3 Å². The van der Waals surface area contributed by atoms with Crippen molar-refractivity contribution in [2.24, 2.45) is 15.4 Å². The number of hydrogen-bond acceptors (Lipinski definition) is 7. The zero-order valence-corrected chi connectivity index (χ0v) is 22.7. The highest BCUT2D eigenvalue weighted by molar-refractivity contribution is 14.1. The number of fused-ring (bicyclic) bond motifs is 4. The van der Waals surface area contributed by atoms with E-state index in [0.29, 0.717) is 0 Å².